The lowest BCUT2D eigenvalue weighted by molar-refractivity contribution is 0.0982. The molecule has 0 saturated carbocycles. The van der Waals surface area contributed by atoms with Crippen molar-refractivity contribution in [2.45, 2.75) is 18.8 Å². The van der Waals surface area contributed by atoms with E-state index in [1.807, 2.05) is 0 Å². The molecule has 0 radical (unpaired) electrons. The summed E-state index contributed by atoms with van der Waals surface area (Å²) in [5.41, 5.74) is 0. The van der Waals surface area contributed by atoms with Crippen LogP contribution in [0.3, 0.4) is 0 Å². The molecule has 58 valence electrons. The summed E-state index contributed by atoms with van der Waals surface area (Å²) < 4.78 is 12.5. The SMILES string of the molecule is O=C(O)N1CC(O)CC1F. The topological polar surface area (TPSA) is 60.8 Å². The third kappa shape index (κ3) is 1.18. The predicted octanol–water partition coefficient (Wildman–Crippen LogP) is 0.0266. The molecule has 1 rings (SSSR count). The van der Waals surface area contributed by atoms with Crippen molar-refractivity contribution in [3.05, 3.63) is 0 Å². The summed E-state index contributed by atoms with van der Waals surface area (Å²) in [7, 11) is 0. The van der Waals surface area contributed by atoms with Gasteiger partial charge in [-0.05, 0) is 0 Å². The van der Waals surface area contributed by atoms with Crippen molar-refractivity contribution in [3.8, 4) is 0 Å². The van der Waals surface area contributed by atoms with Crippen LogP contribution in [0.15, 0.2) is 0 Å². The molecule has 10 heavy (non-hydrogen) atoms. The fourth-order valence-corrected chi connectivity index (χ4v) is 0.966. The van der Waals surface area contributed by atoms with E-state index in [0.717, 1.165) is 0 Å². The predicted molar refractivity (Wildman–Crippen MR) is 30.3 cm³/mol. The quantitative estimate of drug-likeness (QED) is 0.477. The van der Waals surface area contributed by atoms with Gasteiger partial charge < -0.3 is 10.2 Å². The summed E-state index contributed by atoms with van der Waals surface area (Å²) >= 11 is 0. The first-order valence-corrected chi connectivity index (χ1v) is 2.93. The van der Waals surface area contributed by atoms with Gasteiger partial charge in [0.15, 0.2) is 6.30 Å². The Morgan fingerprint density at radius 1 is 1.70 bits per heavy atom. The molecule has 0 aromatic carbocycles. The van der Waals surface area contributed by atoms with Gasteiger partial charge >= 0.3 is 6.09 Å². The molecule has 0 aromatic heterocycles. The fraction of sp³-hybridized carbons (Fsp3) is 0.800. The van der Waals surface area contributed by atoms with E-state index in [9.17, 15) is 9.18 Å². The summed E-state index contributed by atoms with van der Waals surface area (Å²) in [4.78, 5) is 10.7. The Bertz CT molecular complexity index is 152. The Labute approximate surface area is 56.9 Å². The van der Waals surface area contributed by atoms with Crippen LogP contribution in [0.4, 0.5) is 9.18 Å². The summed E-state index contributed by atoms with van der Waals surface area (Å²) in [6.07, 6.45) is -3.80. The highest BCUT2D eigenvalue weighted by Crippen LogP contribution is 2.18. The van der Waals surface area contributed by atoms with Crippen LogP contribution in [-0.2, 0) is 0 Å². The Kier molecular flexibility index (Phi) is 1.76. The third-order valence-electron chi connectivity index (χ3n) is 1.46. The molecule has 0 spiro atoms. The molecule has 0 aromatic rings. The standard InChI is InChI=1S/C5H8FNO3/c6-4-1-3(8)2-7(4)5(9)10/h3-4,8H,1-2H2,(H,9,10). The maximum absolute atomic E-state index is 12.5. The number of carboxylic acid groups (broad SMARTS) is 1. The van der Waals surface area contributed by atoms with Gasteiger partial charge in [0.2, 0.25) is 0 Å². The van der Waals surface area contributed by atoms with E-state index in [1.165, 1.54) is 0 Å². The minimum Gasteiger partial charge on any atom is -0.465 e. The van der Waals surface area contributed by atoms with E-state index in [4.69, 9.17) is 10.2 Å². The number of aliphatic hydroxyl groups is 1. The number of nitrogens with zero attached hydrogens (tertiary/aromatic N) is 1. The zero-order valence-electron chi connectivity index (χ0n) is 5.20. The first kappa shape index (κ1) is 7.27. The molecule has 1 aliphatic heterocycles. The number of rotatable bonds is 0. The number of halogens is 1. The van der Waals surface area contributed by atoms with Crippen LogP contribution in [0.1, 0.15) is 6.42 Å². The molecular weight excluding hydrogens is 141 g/mol. The second kappa shape index (κ2) is 2.42. The maximum Gasteiger partial charge on any atom is 0.409 e. The number of hydrogen-bond acceptors (Lipinski definition) is 2. The number of alkyl halides is 1. The van der Waals surface area contributed by atoms with Crippen LogP contribution in [0.25, 0.3) is 0 Å². The summed E-state index contributed by atoms with van der Waals surface area (Å²) in [5, 5.41) is 17.1. The van der Waals surface area contributed by atoms with E-state index in [2.05, 4.69) is 0 Å². The number of aliphatic hydroxyl groups excluding tert-OH is 1. The van der Waals surface area contributed by atoms with Crippen LogP contribution < -0.4 is 0 Å². The largest absolute Gasteiger partial charge is 0.465 e. The zero-order chi connectivity index (χ0) is 7.72. The van der Waals surface area contributed by atoms with Crippen LogP contribution >= 0.6 is 0 Å². The van der Waals surface area contributed by atoms with Gasteiger partial charge in [0.25, 0.3) is 0 Å². The molecule has 2 unspecified atom stereocenters. The summed E-state index contributed by atoms with van der Waals surface area (Å²) in [6.45, 7) is -0.115. The Morgan fingerprint density at radius 3 is 2.50 bits per heavy atom. The number of carbonyl (C=O) groups is 1. The number of amides is 1. The third-order valence-corrected chi connectivity index (χ3v) is 1.46. The van der Waals surface area contributed by atoms with E-state index in [-0.39, 0.29) is 13.0 Å². The molecular formula is C5H8FNO3. The Balaban J connectivity index is 2.54. The molecule has 1 heterocycles. The fourth-order valence-electron chi connectivity index (χ4n) is 0.966. The molecule has 0 aliphatic carbocycles. The molecule has 1 fully saturated rings. The molecule has 5 heteroatoms. The zero-order valence-corrected chi connectivity index (χ0v) is 5.20. The van der Waals surface area contributed by atoms with E-state index >= 15 is 0 Å². The Hall–Kier alpha value is -0.840. The average molecular weight is 149 g/mol. The van der Waals surface area contributed by atoms with Crippen LogP contribution in [0.2, 0.25) is 0 Å². The van der Waals surface area contributed by atoms with Gasteiger partial charge in [-0.1, -0.05) is 0 Å². The molecule has 2 N–H and O–H groups in total. The van der Waals surface area contributed by atoms with Gasteiger partial charge in [-0.2, -0.15) is 0 Å². The van der Waals surface area contributed by atoms with Gasteiger partial charge in [0.05, 0.1) is 12.6 Å². The van der Waals surface area contributed by atoms with Gasteiger partial charge in [-0.25, -0.2) is 9.18 Å². The van der Waals surface area contributed by atoms with Crippen LogP contribution in [0.5, 0.6) is 0 Å². The minimum absolute atomic E-state index is 0.105. The van der Waals surface area contributed by atoms with Gasteiger partial charge in [0.1, 0.15) is 0 Å². The second-order valence-electron chi connectivity index (χ2n) is 2.26. The van der Waals surface area contributed by atoms with Crippen molar-refractivity contribution in [1.29, 1.82) is 0 Å². The van der Waals surface area contributed by atoms with E-state index in [0.29, 0.717) is 4.90 Å². The van der Waals surface area contributed by atoms with E-state index in [1.54, 1.807) is 0 Å². The van der Waals surface area contributed by atoms with Crippen molar-refractivity contribution in [3.63, 3.8) is 0 Å². The van der Waals surface area contributed by atoms with Gasteiger partial charge in [0, 0.05) is 6.42 Å². The van der Waals surface area contributed by atoms with Crippen molar-refractivity contribution in [1.82, 2.24) is 4.90 Å². The number of likely N-dealkylation sites (tertiary alicyclic amines) is 1. The smallest absolute Gasteiger partial charge is 0.409 e. The molecule has 1 amide bonds. The summed E-state index contributed by atoms with van der Waals surface area (Å²) in [6, 6.07) is 0. The first-order chi connectivity index (χ1) is 4.61. The summed E-state index contributed by atoms with van der Waals surface area (Å²) in [5.74, 6) is 0. The molecule has 4 nitrogen and oxygen atoms in total. The molecule has 1 saturated heterocycles. The Morgan fingerprint density at radius 2 is 2.30 bits per heavy atom. The highest BCUT2D eigenvalue weighted by Gasteiger charge is 2.33. The van der Waals surface area contributed by atoms with Crippen LogP contribution in [0, 0.1) is 0 Å². The molecule has 2 atom stereocenters. The normalized spacial score (nSPS) is 32.8. The monoisotopic (exact) mass is 149 g/mol. The minimum atomic E-state index is -1.53. The number of hydrogen-bond donors (Lipinski definition) is 2. The molecule has 0 bridgehead atoms. The second-order valence-corrected chi connectivity index (χ2v) is 2.26. The lowest BCUT2D eigenvalue weighted by Crippen LogP contribution is -2.32. The van der Waals surface area contributed by atoms with Crippen LogP contribution in [-0.4, -0.2) is 40.2 Å². The lowest BCUT2D eigenvalue weighted by Gasteiger charge is -2.12. The first-order valence-electron chi connectivity index (χ1n) is 2.93. The van der Waals surface area contributed by atoms with Crippen molar-refractivity contribution in [2.75, 3.05) is 6.54 Å². The maximum atomic E-state index is 12.5. The van der Waals surface area contributed by atoms with Crippen molar-refractivity contribution < 1.29 is 19.4 Å². The number of β-amino-alcohol motifs (C(OH)–C–C–N with tert-alkyl or cyclic N) is 1. The highest BCUT2D eigenvalue weighted by atomic mass is 19.1. The van der Waals surface area contributed by atoms with E-state index < -0.39 is 18.5 Å². The lowest BCUT2D eigenvalue weighted by atomic mass is 10.3. The average Bonchev–Trinajstić information content (AvgIpc) is 2.10. The highest BCUT2D eigenvalue weighted by molar-refractivity contribution is 5.65. The van der Waals surface area contributed by atoms with Gasteiger partial charge in [-0.15, -0.1) is 0 Å². The molecule has 1 aliphatic rings. The van der Waals surface area contributed by atoms with Crippen molar-refractivity contribution >= 4 is 6.09 Å². The van der Waals surface area contributed by atoms with Gasteiger partial charge in [-0.3, -0.25) is 4.90 Å². The van der Waals surface area contributed by atoms with Crippen molar-refractivity contribution in [2.24, 2.45) is 0 Å².